The molecule has 0 aliphatic carbocycles. The highest BCUT2D eigenvalue weighted by Gasteiger charge is 2.08. The number of ether oxygens (including phenoxy) is 1. The largest absolute Gasteiger partial charge is 0.481 e. The Kier molecular flexibility index (Phi) is 4.47. The van der Waals surface area contributed by atoms with E-state index in [1.807, 2.05) is 0 Å². The number of benzene rings is 1. The number of rotatable bonds is 4. The van der Waals surface area contributed by atoms with Crippen LogP contribution in [0.1, 0.15) is 0 Å². The number of amides is 1. The van der Waals surface area contributed by atoms with Gasteiger partial charge in [-0.25, -0.2) is 13.8 Å². The highest BCUT2D eigenvalue weighted by molar-refractivity contribution is 6.30. The van der Waals surface area contributed by atoms with Gasteiger partial charge in [0.25, 0.3) is 5.91 Å². The Hall–Kier alpha value is -2.21. The van der Waals surface area contributed by atoms with Crippen LogP contribution >= 0.6 is 11.6 Å². The molecule has 0 fully saturated rings. The Labute approximate surface area is 118 Å². The summed E-state index contributed by atoms with van der Waals surface area (Å²) in [5.41, 5.74) is 0. The summed E-state index contributed by atoms with van der Waals surface area (Å²) < 4.78 is 30.9. The smallest absolute Gasteiger partial charge is 0.263 e. The molecule has 0 bridgehead atoms. The average molecular weight is 299 g/mol. The fourth-order valence-electron chi connectivity index (χ4n) is 1.36. The highest BCUT2D eigenvalue weighted by atomic mass is 35.5. The van der Waals surface area contributed by atoms with E-state index in [1.54, 1.807) is 6.07 Å². The van der Waals surface area contributed by atoms with Crippen molar-refractivity contribution < 1.29 is 18.3 Å². The summed E-state index contributed by atoms with van der Waals surface area (Å²) in [4.78, 5) is 15.4. The lowest BCUT2D eigenvalue weighted by molar-refractivity contribution is -0.118. The zero-order chi connectivity index (χ0) is 14.5. The lowest BCUT2D eigenvalue weighted by Crippen LogP contribution is -2.21. The van der Waals surface area contributed by atoms with Crippen LogP contribution in [0.25, 0.3) is 0 Å². The molecule has 0 radical (unpaired) electrons. The van der Waals surface area contributed by atoms with Crippen LogP contribution in [-0.4, -0.2) is 17.5 Å². The van der Waals surface area contributed by atoms with Crippen LogP contribution in [-0.2, 0) is 4.79 Å². The zero-order valence-electron chi connectivity index (χ0n) is 10.1. The van der Waals surface area contributed by atoms with Gasteiger partial charge in [0.1, 0.15) is 11.6 Å². The second kappa shape index (κ2) is 6.29. The average Bonchev–Trinajstić information content (AvgIpc) is 2.40. The maximum atomic E-state index is 13.2. The van der Waals surface area contributed by atoms with Gasteiger partial charge in [0, 0.05) is 12.3 Å². The van der Waals surface area contributed by atoms with Gasteiger partial charge in [0.05, 0.1) is 5.02 Å². The molecule has 1 aromatic heterocycles. The molecule has 2 aromatic rings. The third kappa shape index (κ3) is 3.89. The Bertz CT molecular complexity index is 620. The molecule has 4 nitrogen and oxygen atoms in total. The normalized spacial score (nSPS) is 10.2. The predicted octanol–water partition coefficient (Wildman–Crippen LogP) is 3.03. The van der Waals surface area contributed by atoms with Gasteiger partial charge in [0.15, 0.2) is 18.2 Å². The lowest BCUT2D eigenvalue weighted by atomic mass is 10.3. The third-order valence-electron chi connectivity index (χ3n) is 2.25. The number of nitrogens with one attached hydrogen (secondary N) is 1. The fraction of sp³-hybridized carbons (Fsp3) is 0.0769. The molecule has 0 aliphatic rings. The molecule has 0 spiro atoms. The standard InChI is InChI=1S/C13H9ClF2N2O2/c14-8-1-4-12(17-6-8)18-13(19)7-20-11-3-2-9(15)5-10(11)16/h1-6H,7H2,(H,17,18,19). The molecule has 2 rings (SSSR count). The maximum absolute atomic E-state index is 13.2. The van der Waals surface area contributed by atoms with Crippen LogP contribution in [0.5, 0.6) is 5.75 Å². The first-order chi connectivity index (χ1) is 9.54. The molecule has 1 aromatic carbocycles. The van der Waals surface area contributed by atoms with Crippen molar-refractivity contribution in [2.45, 2.75) is 0 Å². The molecule has 0 aliphatic heterocycles. The summed E-state index contributed by atoms with van der Waals surface area (Å²) in [7, 11) is 0. The van der Waals surface area contributed by atoms with Crippen molar-refractivity contribution in [1.82, 2.24) is 4.98 Å². The van der Waals surface area contributed by atoms with Crippen molar-refractivity contribution >= 4 is 23.3 Å². The molecule has 1 amide bonds. The molecule has 0 saturated heterocycles. The number of pyridine rings is 1. The number of hydrogen-bond acceptors (Lipinski definition) is 3. The van der Waals surface area contributed by atoms with E-state index >= 15 is 0 Å². The van der Waals surface area contributed by atoms with E-state index in [1.165, 1.54) is 12.3 Å². The van der Waals surface area contributed by atoms with Gasteiger partial charge >= 0.3 is 0 Å². The topological polar surface area (TPSA) is 51.2 Å². The van der Waals surface area contributed by atoms with Crippen LogP contribution < -0.4 is 10.1 Å². The number of hydrogen-bond donors (Lipinski definition) is 1. The maximum Gasteiger partial charge on any atom is 0.263 e. The van der Waals surface area contributed by atoms with Crippen LogP contribution in [0, 0.1) is 11.6 Å². The summed E-state index contributed by atoms with van der Waals surface area (Å²) >= 11 is 5.65. The highest BCUT2D eigenvalue weighted by Crippen LogP contribution is 2.17. The van der Waals surface area contributed by atoms with Gasteiger partial charge in [-0.3, -0.25) is 4.79 Å². The molecule has 104 valence electrons. The van der Waals surface area contributed by atoms with Gasteiger partial charge in [-0.05, 0) is 24.3 Å². The van der Waals surface area contributed by atoms with Crippen molar-refractivity contribution in [3.8, 4) is 5.75 Å². The van der Waals surface area contributed by atoms with Crippen molar-refractivity contribution in [2.24, 2.45) is 0 Å². The first kappa shape index (κ1) is 14.2. The Morgan fingerprint density at radius 3 is 2.75 bits per heavy atom. The van der Waals surface area contributed by atoms with Gasteiger partial charge in [0.2, 0.25) is 0 Å². The van der Waals surface area contributed by atoms with E-state index < -0.39 is 24.1 Å². The minimum absolute atomic E-state index is 0.203. The quantitative estimate of drug-likeness (QED) is 0.944. The van der Waals surface area contributed by atoms with Crippen molar-refractivity contribution in [2.75, 3.05) is 11.9 Å². The minimum atomic E-state index is -0.873. The molecule has 0 atom stereocenters. The minimum Gasteiger partial charge on any atom is -0.481 e. The van der Waals surface area contributed by atoms with Crippen LogP contribution in [0.3, 0.4) is 0 Å². The molecule has 7 heteroatoms. The molecule has 1 N–H and O–H groups in total. The van der Waals surface area contributed by atoms with Gasteiger partial charge in [-0.2, -0.15) is 0 Å². The van der Waals surface area contributed by atoms with E-state index in [9.17, 15) is 13.6 Å². The SMILES string of the molecule is O=C(COc1ccc(F)cc1F)Nc1ccc(Cl)cn1. The van der Waals surface area contributed by atoms with Crippen LogP contribution in [0.15, 0.2) is 36.5 Å². The Balaban J connectivity index is 1.90. The summed E-state index contributed by atoms with van der Waals surface area (Å²) in [6, 6.07) is 5.90. The number of carbonyl (C=O) groups is 1. The lowest BCUT2D eigenvalue weighted by Gasteiger charge is -2.07. The first-order valence-corrected chi connectivity index (χ1v) is 5.91. The number of anilines is 1. The fourth-order valence-corrected chi connectivity index (χ4v) is 1.48. The molecule has 20 heavy (non-hydrogen) atoms. The van der Waals surface area contributed by atoms with Crippen molar-refractivity contribution in [3.05, 3.63) is 53.2 Å². The Morgan fingerprint density at radius 1 is 1.30 bits per heavy atom. The monoisotopic (exact) mass is 298 g/mol. The molecular formula is C13H9ClF2N2O2. The van der Waals surface area contributed by atoms with E-state index in [4.69, 9.17) is 16.3 Å². The van der Waals surface area contributed by atoms with E-state index in [-0.39, 0.29) is 5.75 Å². The second-order valence-corrected chi connectivity index (χ2v) is 4.21. The van der Waals surface area contributed by atoms with E-state index in [2.05, 4.69) is 10.3 Å². The number of aromatic nitrogens is 1. The van der Waals surface area contributed by atoms with Gasteiger partial charge in [-0.1, -0.05) is 11.6 Å². The number of carbonyl (C=O) groups excluding carboxylic acids is 1. The zero-order valence-corrected chi connectivity index (χ0v) is 10.8. The van der Waals surface area contributed by atoms with Crippen LogP contribution in [0.4, 0.5) is 14.6 Å². The molecule has 0 saturated carbocycles. The van der Waals surface area contributed by atoms with Gasteiger partial charge < -0.3 is 10.1 Å². The van der Waals surface area contributed by atoms with Crippen LogP contribution in [0.2, 0.25) is 5.02 Å². The van der Waals surface area contributed by atoms with E-state index in [0.717, 1.165) is 12.1 Å². The summed E-state index contributed by atoms with van der Waals surface area (Å²) in [5, 5.41) is 2.88. The second-order valence-electron chi connectivity index (χ2n) is 3.77. The Morgan fingerprint density at radius 2 is 2.10 bits per heavy atom. The molecular weight excluding hydrogens is 290 g/mol. The summed E-state index contributed by atoms with van der Waals surface area (Å²) in [6.07, 6.45) is 1.37. The summed E-state index contributed by atoms with van der Waals surface area (Å²) in [5.74, 6) is -2.02. The van der Waals surface area contributed by atoms with Crippen molar-refractivity contribution in [1.29, 1.82) is 0 Å². The third-order valence-corrected chi connectivity index (χ3v) is 2.47. The molecule has 1 heterocycles. The molecule has 0 unspecified atom stereocenters. The van der Waals surface area contributed by atoms with E-state index in [0.29, 0.717) is 16.9 Å². The first-order valence-electron chi connectivity index (χ1n) is 5.54. The van der Waals surface area contributed by atoms with Crippen molar-refractivity contribution in [3.63, 3.8) is 0 Å². The number of halogens is 3. The number of nitrogens with zero attached hydrogens (tertiary/aromatic N) is 1. The predicted molar refractivity (Wildman–Crippen MR) is 69.7 cm³/mol. The van der Waals surface area contributed by atoms with Gasteiger partial charge in [-0.15, -0.1) is 0 Å². The summed E-state index contributed by atoms with van der Waals surface area (Å²) in [6.45, 7) is -0.424.